The molecule has 2 atom stereocenters. The third-order valence-electron chi connectivity index (χ3n) is 4.60. The van der Waals surface area contributed by atoms with Gasteiger partial charge in [-0.15, -0.1) is 11.3 Å². The van der Waals surface area contributed by atoms with Gasteiger partial charge in [-0.25, -0.2) is 9.37 Å². The number of hydrogen-bond donors (Lipinski definition) is 3. The van der Waals surface area contributed by atoms with Crippen molar-refractivity contribution < 1.29 is 4.39 Å². The summed E-state index contributed by atoms with van der Waals surface area (Å²) in [6, 6.07) is 2.03. The van der Waals surface area contributed by atoms with Crippen LogP contribution in [0.5, 0.6) is 0 Å². The van der Waals surface area contributed by atoms with Crippen molar-refractivity contribution in [2.24, 2.45) is 22.0 Å². The minimum absolute atomic E-state index is 0.0604. The number of nitrogens with two attached hydrogens (primary N) is 1. The molecule has 0 aliphatic heterocycles. The molecule has 8 heteroatoms. The maximum absolute atomic E-state index is 13.7. The van der Waals surface area contributed by atoms with Gasteiger partial charge in [0.05, 0.1) is 5.69 Å². The number of halogens is 1. The number of allylic oxidation sites excluding steroid dienone is 3. The van der Waals surface area contributed by atoms with E-state index in [0.29, 0.717) is 18.7 Å². The zero-order chi connectivity index (χ0) is 18.8. The average Bonchev–Trinajstić information content (AvgIpc) is 3.16. The lowest BCUT2D eigenvalue weighted by molar-refractivity contribution is 0.400. The van der Waals surface area contributed by atoms with Crippen molar-refractivity contribution in [1.29, 1.82) is 0 Å². The number of aromatic nitrogens is 1. The molecule has 0 fully saturated rings. The van der Waals surface area contributed by atoms with Crippen LogP contribution in [0.3, 0.4) is 0 Å². The van der Waals surface area contributed by atoms with E-state index in [1.807, 2.05) is 35.8 Å². The highest BCUT2D eigenvalue weighted by Crippen LogP contribution is 2.36. The summed E-state index contributed by atoms with van der Waals surface area (Å²) in [6.45, 7) is 3.42. The Hall–Kier alpha value is -3.00. The van der Waals surface area contributed by atoms with Gasteiger partial charge in [0, 0.05) is 46.8 Å². The number of amidine groups is 1. The largest absolute Gasteiger partial charge is 0.340 e. The van der Waals surface area contributed by atoms with Gasteiger partial charge in [0.2, 0.25) is 0 Å². The van der Waals surface area contributed by atoms with Crippen LogP contribution in [0.15, 0.2) is 51.7 Å². The monoisotopic (exact) mass is 382 g/mol. The van der Waals surface area contributed by atoms with E-state index in [4.69, 9.17) is 10.8 Å². The van der Waals surface area contributed by atoms with E-state index < -0.39 is 6.17 Å². The molecule has 6 nitrogen and oxygen atoms in total. The van der Waals surface area contributed by atoms with E-state index in [1.54, 1.807) is 17.4 Å². The molecule has 0 saturated carbocycles. The van der Waals surface area contributed by atoms with E-state index in [1.165, 1.54) is 0 Å². The van der Waals surface area contributed by atoms with E-state index >= 15 is 0 Å². The molecule has 0 aromatic carbocycles. The summed E-state index contributed by atoms with van der Waals surface area (Å²) >= 11 is 1.66. The van der Waals surface area contributed by atoms with Gasteiger partial charge in [-0.05, 0) is 23.6 Å². The van der Waals surface area contributed by atoms with Crippen LogP contribution in [0.1, 0.15) is 17.7 Å². The van der Waals surface area contributed by atoms with Gasteiger partial charge in [-0.2, -0.15) is 10.2 Å². The van der Waals surface area contributed by atoms with Crippen molar-refractivity contribution in [1.82, 2.24) is 10.4 Å². The lowest BCUT2D eigenvalue weighted by Gasteiger charge is -2.21. The molecule has 2 heterocycles. The van der Waals surface area contributed by atoms with Gasteiger partial charge >= 0.3 is 0 Å². The Bertz CT molecular complexity index is 1000. The molecule has 2 aromatic heterocycles. The molecule has 138 valence electrons. The minimum atomic E-state index is -0.971. The van der Waals surface area contributed by atoms with Crippen LogP contribution in [0.25, 0.3) is 16.2 Å². The Labute approximate surface area is 160 Å². The number of anilines is 1. The summed E-state index contributed by atoms with van der Waals surface area (Å²) in [6.07, 6.45) is 9.46. The van der Waals surface area contributed by atoms with Crippen molar-refractivity contribution in [3.05, 3.63) is 52.7 Å². The standard InChI is InChI=1S/C19H19FN6S/c1-22-26-18(25-21)11-5-6-14-16(9-11)24-19(15-7-8-27-17(14)15)23-13-4-2-3-12(20)10-13/h2,4-8,10-12H,1,3,9,21H2,(H,23,24)(H,25,26). The fourth-order valence-electron chi connectivity index (χ4n) is 3.34. The van der Waals surface area contributed by atoms with E-state index in [2.05, 4.69) is 27.7 Å². The number of hydrazone groups is 2. The maximum Gasteiger partial charge on any atom is 0.149 e. The number of pyridine rings is 1. The molecular weight excluding hydrogens is 363 g/mol. The first-order valence-electron chi connectivity index (χ1n) is 8.57. The summed E-state index contributed by atoms with van der Waals surface area (Å²) in [4.78, 5) is 4.84. The van der Waals surface area contributed by atoms with Crippen LogP contribution in [-0.4, -0.2) is 23.7 Å². The Morgan fingerprint density at radius 3 is 3.07 bits per heavy atom. The molecule has 0 bridgehead atoms. The van der Waals surface area contributed by atoms with Crippen LogP contribution in [-0.2, 0) is 6.42 Å². The third kappa shape index (κ3) is 3.35. The quantitative estimate of drug-likeness (QED) is 0.327. The molecule has 27 heavy (non-hydrogen) atoms. The molecule has 4 rings (SSSR count). The molecule has 0 saturated heterocycles. The van der Waals surface area contributed by atoms with Gasteiger partial charge < -0.3 is 11.2 Å². The normalized spacial score (nSPS) is 21.7. The average molecular weight is 382 g/mol. The molecule has 2 aliphatic carbocycles. The highest BCUT2D eigenvalue weighted by atomic mass is 32.1. The highest BCUT2D eigenvalue weighted by Gasteiger charge is 2.23. The number of alkyl halides is 1. The molecule has 0 radical (unpaired) electrons. The van der Waals surface area contributed by atoms with Crippen LogP contribution in [0, 0.1) is 5.92 Å². The number of nitrogens with zero attached hydrogens (tertiary/aromatic N) is 3. The number of nitrogens with one attached hydrogen (secondary N) is 2. The maximum atomic E-state index is 13.7. The zero-order valence-electron chi connectivity index (χ0n) is 14.5. The van der Waals surface area contributed by atoms with Crippen molar-refractivity contribution in [2.45, 2.75) is 19.0 Å². The number of hydrogen-bond acceptors (Lipinski definition) is 6. The van der Waals surface area contributed by atoms with E-state index in [9.17, 15) is 4.39 Å². The minimum Gasteiger partial charge on any atom is -0.340 e. The van der Waals surface area contributed by atoms with Crippen LogP contribution in [0.2, 0.25) is 0 Å². The first kappa shape index (κ1) is 17.4. The van der Waals surface area contributed by atoms with Crippen LogP contribution >= 0.6 is 11.3 Å². The molecule has 4 N–H and O–H groups in total. The van der Waals surface area contributed by atoms with Crippen molar-refractivity contribution in [2.75, 3.05) is 5.32 Å². The van der Waals surface area contributed by atoms with Crippen molar-refractivity contribution in [3.8, 4) is 0 Å². The zero-order valence-corrected chi connectivity index (χ0v) is 15.3. The molecule has 0 amide bonds. The third-order valence-corrected chi connectivity index (χ3v) is 5.54. The van der Waals surface area contributed by atoms with E-state index in [0.717, 1.165) is 32.9 Å². The van der Waals surface area contributed by atoms with Gasteiger partial charge in [0.25, 0.3) is 0 Å². The summed E-state index contributed by atoms with van der Waals surface area (Å²) < 4.78 is 14.8. The summed E-state index contributed by atoms with van der Waals surface area (Å²) in [5.74, 6) is 6.67. The molecule has 2 aromatic rings. The predicted octanol–water partition coefficient (Wildman–Crippen LogP) is 3.55. The topological polar surface area (TPSA) is 87.7 Å². The van der Waals surface area contributed by atoms with Gasteiger partial charge in [0.15, 0.2) is 0 Å². The van der Waals surface area contributed by atoms with Gasteiger partial charge in [-0.3, -0.25) is 5.43 Å². The first-order chi connectivity index (χ1) is 13.2. The van der Waals surface area contributed by atoms with Crippen molar-refractivity contribution in [3.63, 3.8) is 0 Å². The molecular formula is C19H19FN6S. The first-order valence-corrected chi connectivity index (χ1v) is 9.44. The van der Waals surface area contributed by atoms with Gasteiger partial charge in [-0.1, -0.05) is 18.2 Å². The molecule has 2 aliphatic rings. The summed E-state index contributed by atoms with van der Waals surface area (Å²) in [5.41, 5.74) is 5.49. The SMILES string of the molecule is C=NNC(=NN)C1C=Cc2c(nc(NC3=CC(F)CC=C3)c3ccsc23)C1. The smallest absolute Gasteiger partial charge is 0.149 e. The second-order valence-corrected chi connectivity index (χ2v) is 7.26. The number of thiophene rings is 1. The lowest BCUT2D eigenvalue weighted by Crippen LogP contribution is -2.30. The number of fused-ring (bicyclic) bond motifs is 3. The fourth-order valence-corrected chi connectivity index (χ4v) is 4.29. The Kier molecular flexibility index (Phi) is 4.72. The fraction of sp³-hybridized carbons (Fsp3) is 0.211. The molecule has 0 spiro atoms. The Balaban J connectivity index is 1.72. The lowest BCUT2D eigenvalue weighted by atomic mass is 9.92. The summed E-state index contributed by atoms with van der Waals surface area (Å²) in [7, 11) is 0. The van der Waals surface area contributed by atoms with Crippen LogP contribution < -0.4 is 16.6 Å². The number of rotatable bonds is 4. The van der Waals surface area contributed by atoms with Gasteiger partial charge in [0.1, 0.15) is 17.8 Å². The Morgan fingerprint density at radius 1 is 1.41 bits per heavy atom. The Morgan fingerprint density at radius 2 is 2.30 bits per heavy atom. The second kappa shape index (κ2) is 7.32. The molecule has 2 unspecified atom stereocenters. The highest BCUT2D eigenvalue weighted by molar-refractivity contribution is 7.17. The van der Waals surface area contributed by atoms with Crippen molar-refractivity contribution >= 4 is 45.9 Å². The van der Waals surface area contributed by atoms with E-state index in [-0.39, 0.29) is 5.92 Å². The second-order valence-electron chi connectivity index (χ2n) is 6.34. The summed E-state index contributed by atoms with van der Waals surface area (Å²) in [5, 5.41) is 13.8. The predicted molar refractivity (Wildman–Crippen MR) is 111 cm³/mol. The van der Waals surface area contributed by atoms with Crippen LogP contribution in [0.4, 0.5) is 10.2 Å².